The first-order chi connectivity index (χ1) is 13.1. The minimum absolute atomic E-state index is 0.597. The highest BCUT2D eigenvalue weighted by molar-refractivity contribution is 6.04. The molecular weight excluding hydrogens is 338 g/mol. The molecule has 0 bridgehead atoms. The highest BCUT2D eigenvalue weighted by Crippen LogP contribution is 2.21. The molecule has 0 amide bonds. The van der Waals surface area contributed by atoms with Crippen LogP contribution in [0.25, 0.3) is 0 Å². The Morgan fingerprint density at radius 3 is 2.48 bits per heavy atom. The molecule has 6 heteroatoms. The summed E-state index contributed by atoms with van der Waals surface area (Å²) < 4.78 is 7.76. The van der Waals surface area contributed by atoms with Gasteiger partial charge in [0.1, 0.15) is 18.7 Å². The van der Waals surface area contributed by atoms with Gasteiger partial charge in [-0.25, -0.2) is 4.98 Å². The average Bonchev–Trinajstić information content (AvgIpc) is 3.21. The van der Waals surface area contributed by atoms with Gasteiger partial charge in [0.2, 0.25) is 0 Å². The molecule has 2 aromatic carbocycles. The lowest BCUT2D eigenvalue weighted by Crippen LogP contribution is -2.27. The Kier molecular flexibility index (Phi) is 6.10. The second-order valence-corrected chi connectivity index (χ2v) is 6.34. The average molecular weight is 363 g/mol. The maximum atomic E-state index is 5.84. The zero-order chi connectivity index (χ0) is 19.1. The standard InChI is InChI=1S/C21H25N5O/c1-24(2)23-21(26-14-13-22-17-26)19-11-7-8-12-20(19)25(3)15-16-27-18-9-5-4-6-10-18/h4-14,17H,15-16H2,1-3H3. The number of hydrogen-bond donors (Lipinski definition) is 0. The summed E-state index contributed by atoms with van der Waals surface area (Å²) in [6.07, 6.45) is 5.42. The van der Waals surface area contributed by atoms with E-state index in [0.29, 0.717) is 6.61 Å². The Morgan fingerprint density at radius 1 is 1.04 bits per heavy atom. The molecule has 0 N–H and O–H groups in total. The maximum absolute atomic E-state index is 5.84. The lowest BCUT2D eigenvalue weighted by molar-refractivity contribution is 0.326. The predicted molar refractivity (Wildman–Crippen MR) is 109 cm³/mol. The zero-order valence-electron chi connectivity index (χ0n) is 16.0. The Hall–Kier alpha value is -3.28. The Balaban J connectivity index is 1.80. The smallest absolute Gasteiger partial charge is 0.167 e. The summed E-state index contributed by atoms with van der Waals surface area (Å²) in [5.41, 5.74) is 2.12. The number of para-hydroxylation sites is 2. The monoisotopic (exact) mass is 363 g/mol. The molecule has 0 radical (unpaired) electrons. The van der Waals surface area contributed by atoms with E-state index in [1.54, 1.807) is 17.5 Å². The fourth-order valence-electron chi connectivity index (χ4n) is 2.75. The molecule has 140 valence electrons. The van der Waals surface area contributed by atoms with E-state index in [1.165, 1.54) is 0 Å². The van der Waals surface area contributed by atoms with Crippen LogP contribution < -0.4 is 9.64 Å². The number of imidazole rings is 1. The van der Waals surface area contributed by atoms with Gasteiger partial charge in [-0.2, -0.15) is 5.10 Å². The molecule has 3 rings (SSSR count). The van der Waals surface area contributed by atoms with Gasteiger partial charge in [-0.1, -0.05) is 30.3 Å². The number of aromatic nitrogens is 2. The number of hydrazone groups is 1. The molecule has 1 aromatic heterocycles. The van der Waals surface area contributed by atoms with Gasteiger partial charge in [0.15, 0.2) is 5.84 Å². The van der Waals surface area contributed by atoms with Crippen molar-refractivity contribution >= 4 is 11.5 Å². The van der Waals surface area contributed by atoms with Crippen molar-refractivity contribution in [1.29, 1.82) is 0 Å². The fraction of sp³-hybridized carbons (Fsp3) is 0.238. The summed E-state index contributed by atoms with van der Waals surface area (Å²) in [7, 11) is 5.89. The summed E-state index contributed by atoms with van der Waals surface area (Å²) in [4.78, 5) is 6.34. The van der Waals surface area contributed by atoms with Crippen molar-refractivity contribution in [3.8, 4) is 5.75 Å². The number of ether oxygens (including phenoxy) is 1. The Bertz CT molecular complexity index is 859. The fourth-order valence-corrected chi connectivity index (χ4v) is 2.75. The van der Waals surface area contributed by atoms with Crippen LogP contribution >= 0.6 is 0 Å². The summed E-state index contributed by atoms with van der Waals surface area (Å²) in [6.45, 7) is 1.35. The number of rotatable bonds is 7. The first-order valence-electron chi connectivity index (χ1n) is 8.88. The van der Waals surface area contributed by atoms with E-state index in [2.05, 4.69) is 34.2 Å². The van der Waals surface area contributed by atoms with Gasteiger partial charge in [0.05, 0.1) is 6.54 Å². The van der Waals surface area contributed by atoms with E-state index in [4.69, 9.17) is 4.74 Å². The Morgan fingerprint density at radius 2 is 1.78 bits per heavy atom. The van der Waals surface area contributed by atoms with Crippen LogP contribution in [0.15, 0.2) is 78.4 Å². The second kappa shape index (κ2) is 8.89. The highest BCUT2D eigenvalue weighted by Gasteiger charge is 2.14. The van der Waals surface area contributed by atoms with E-state index in [1.807, 2.05) is 67.3 Å². The van der Waals surface area contributed by atoms with Crippen LogP contribution in [-0.2, 0) is 0 Å². The van der Waals surface area contributed by atoms with Crippen molar-refractivity contribution in [2.75, 3.05) is 39.2 Å². The first-order valence-corrected chi connectivity index (χ1v) is 8.88. The lowest BCUT2D eigenvalue weighted by atomic mass is 10.1. The van der Waals surface area contributed by atoms with Crippen LogP contribution in [0.5, 0.6) is 5.75 Å². The maximum Gasteiger partial charge on any atom is 0.167 e. The molecule has 6 nitrogen and oxygen atoms in total. The highest BCUT2D eigenvalue weighted by atomic mass is 16.5. The van der Waals surface area contributed by atoms with Crippen molar-refractivity contribution in [3.63, 3.8) is 0 Å². The second-order valence-electron chi connectivity index (χ2n) is 6.34. The van der Waals surface area contributed by atoms with Crippen molar-refractivity contribution in [2.24, 2.45) is 5.10 Å². The van der Waals surface area contributed by atoms with E-state index in [9.17, 15) is 0 Å². The first kappa shape index (κ1) is 18.5. The van der Waals surface area contributed by atoms with Crippen LogP contribution in [-0.4, -0.2) is 54.7 Å². The number of nitrogens with zero attached hydrogens (tertiary/aromatic N) is 5. The van der Waals surface area contributed by atoms with Crippen LogP contribution in [0.1, 0.15) is 5.56 Å². The summed E-state index contributed by atoms with van der Waals surface area (Å²) in [5, 5.41) is 6.47. The van der Waals surface area contributed by atoms with Crippen molar-refractivity contribution in [3.05, 3.63) is 78.9 Å². The van der Waals surface area contributed by atoms with Gasteiger partial charge in [-0.15, -0.1) is 0 Å². The molecule has 0 spiro atoms. The molecule has 0 aliphatic heterocycles. The minimum Gasteiger partial charge on any atom is -0.492 e. The predicted octanol–water partition coefficient (Wildman–Crippen LogP) is 3.17. The summed E-state index contributed by atoms with van der Waals surface area (Å²) in [6, 6.07) is 18.1. The van der Waals surface area contributed by atoms with Gasteiger partial charge in [0.25, 0.3) is 0 Å². The van der Waals surface area contributed by atoms with Crippen LogP contribution in [0.3, 0.4) is 0 Å². The minimum atomic E-state index is 0.597. The molecule has 0 saturated carbocycles. The van der Waals surface area contributed by atoms with Gasteiger partial charge >= 0.3 is 0 Å². The molecule has 0 aliphatic rings. The Labute approximate surface area is 160 Å². The number of hydrogen-bond acceptors (Lipinski definition) is 5. The molecule has 3 aromatic rings. The van der Waals surface area contributed by atoms with Crippen molar-refractivity contribution in [2.45, 2.75) is 0 Å². The van der Waals surface area contributed by atoms with Crippen LogP contribution in [0.2, 0.25) is 0 Å². The molecule has 0 unspecified atom stereocenters. The molecule has 0 saturated heterocycles. The van der Waals surface area contributed by atoms with E-state index >= 15 is 0 Å². The third kappa shape index (κ3) is 4.88. The third-order valence-corrected chi connectivity index (χ3v) is 4.04. The van der Waals surface area contributed by atoms with E-state index in [0.717, 1.165) is 29.4 Å². The van der Waals surface area contributed by atoms with Crippen molar-refractivity contribution < 1.29 is 4.74 Å². The third-order valence-electron chi connectivity index (χ3n) is 4.04. The topological polar surface area (TPSA) is 45.9 Å². The molecule has 1 heterocycles. The van der Waals surface area contributed by atoms with Crippen molar-refractivity contribution in [1.82, 2.24) is 14.6 Å². The normalized spacial score (nSPS) is 11.3. The van der Waals surface area contributed by atoms with Crippen LogP contribution in [0.4, 0.5) is 5.69 Å². The number of likely N-dealkylation sites (N-methyl/N-ethyl adjacent to an activating group) is 1. The lowest BCUT2D eigenvalue weighted by Gasteiger charge is -2.24. The summed E-state index contributed by atoms with van der Waals surface area (Å²) in [5.74, 6) is 1.70. The molecule has 0 aliphatic carbocycles. The number of benzene rings is 2. The van der Waals surface area contributed by atoms with Gasteiger partial charge in [-0.3, -0.25) is 4.57 Å². The number of anilines is 1. The van der Waals surface area contributed by atoms with Gasteiger partial charge < -0.3 is 14.6 Å². The SMILES string of the molecule is CN(C)N=C(c1ccccc1N(C)CCOc1ccccc1)n1ccnc1. The molecular formula is C21H25N5O. The quantitative estimate of drug-likeness (QED) is 0.367. The van der Waals surface area contributed by atoms with E-state index < -0.39 is 0 Å². The van der Waals surface area contributed by atoms with E-state index in [-0.39, 0.29) is 0 Å². The summed E-state index contributed by atoms with van der Waals surface area (Å²) >= 11 is 0. The van der Waals surface area contributed by atoms with Gasteiger partial charge in [-0.05, 0) is 24.3 Å². The van der Waals surface area contributed by atoms with Gasteiger partial charge in [0, 0.05) is 44.8 Å². The molecule has 27 heavy (non-hydrogen) atoms. The largest absolute Gasteiger partial charge is 0.492 e. The van der Waals surface area contributed by atoms with Crippen LogP contribution in [0, 0.1) is 0 Å². The zero-order valence-corrected chi connectivity index (χ0v) is 16.0. The molecule has 0 fully saturated rings. The molecule has 0 atom stereocenters.